The van der Waals surface area contributed by atoms with Gasteiger partial charge >= 0.3 is 5.97 Å². The summed E-state index contributed by atoms with van der Waals surface area (Å²) in [6.07, 6.45) is 0. The molecule has 2 aromatic carbocycles. The molecular weight excluding hydrogens is 308 g/mol. The molecule has 0 aliphatic rings. The van der Waals surface area contributed by atoms with Crippen molar-refractivity contribution in [2.24, 2.45) is 0 Å². The molecular formula is C18H12N2O4. The van der Waals surface area contributed by atoms with E-state index in [2.05, 4.69) is 9.97 Å². The zero-order valence-corrected chi connectivity index (χ0v) is 12.7. The van der Waals surface area contributed by atoms with Crippen molar-refractivity contribution < 1.29 is 19.1 Å². The Labute approximate surface area is 136 Å². The first-order valence-corrected chi connectivity index (χ1v) is 7.24. The summed E-state index contributed by atoms with van der Waals surface area (Å²) < 4.78 is 11.0. The van der Waals surface area contributed by atoms with E-state index in [9.17, 15) is 9.90 Å². The smallest absolute Gasteiger partial charge is 0.356 e. The second kappa shape index (κ2) is 5.34. The average molecular weight is 320 g/mol. The van der Waals surface area contributed by atoms with Crippen LogP contribution in [0.3, 0.4) is 0 Å². The topological polar surface area (TPSA) is 85.5 Å². The molecule has 0 unspecified atom stereocenters. The Hall–Kier alpha value is -3.41. The summed E-state index contributed by atoms with van der Waals surface area (Å²) in [6.45, 7) is 0. The normalized spacial score (nSPS) is 11.0. The average Bonchev–Trinajstić information content (AvgIpc) is 3.03. The van der Waals surface area contributed by atoms with Crippen LogP contribution < -0.4 is 4.74 Å². The van der Waals surface area contributed by atoms with E-state index in [1.807, 2.05) is 12.1 Å². The molecule has 4 rings (SSSR count). The van der Waals surface area contributed by atoms with Crippen molar-refractivity contribution in [1.82, 2.24) is 9.97 Å². The van der Waals surface area contributed by atoms with Gasteiger partial charge in [0.25, 0.3) is 0 Å². The van der Waals surface area contributed by atoms with Crippen LogP contribution >= 0.6 is 0 Å². The number of rotatable bonds is 3. The number of furan rings is 1. The van der Waals surface area contributed by atoms with Gasteiger partial charge in [-0.1, -0.05) is 12.1 Å². The molecule has 0 amide bonds. The van der Waals surface area contributed by atoms with Crippen LogP contribution in [0.25, 0.3) is 33.5 Å². The summed E-state index contributed by atoms with van der Waals surface area (Å²) in [6, 6.07) is 14.2. The van der Waals surface area contributed by atoms with E-state index in [1.165, 1.54) is 0 Å². The lowest BCUT2D eigenvalue weighted by atomic mass is 10.2. The summed E-state index contributed by atoms with van der Waals surface area (Å²) in [7, 11) is 1.58. The zero-order valence-electron chi connectivity index (χ0n) is 12.7. The third-order valence-electron chi connectivity index (χ3n) is 3.73. The van der Waals surface area contributed by atoms with Crippen LogP contribution in [0.15, 0.2) is 52.9 Å². The molecule has 24 heavy (non-hydrogen) atoms. The lowest BCUT2D eigenvalue weighted by Crippen LogP contribution is -2.05. The Morgan fingerprint density at radius 1 is 1.08 bits per heavy atom. The van der Waals surface area contributed by atoms with Crippen LogP contribution in [-0.2, 0) is 0 Å². The number of nitrogens with zero attached hydrogens (tertiary/aromatic N) is 2. The number of benzene rings is 2. The van der Waals surface area contributed by atoms with Gasteiger partial charge in [-0.15, -0.1) is 0 Å². The highest BCUT2D eigenvalue weighted by Crippen LogP contribution is 2.31. The highest BCUT2D eigenvalue weighted by atomic mass is 16.5. The molecule has 0 spiro atoms. The minimum atomic E-state index is -1.15. The van der Waals surface area contributed by atoms with Crippen LogP contribution in [0, 0.1) is 0 Å². The molecule has 1 N–H and O–H groups in total. The van der Waals surface area contributed by atoms with E-state index in [4.69, 9.17) is 9.15 Å². The Kier molecular flexibility index (Phi) is 3.16. The molecule has 0 aliphatic carbocycles. The van der Waals surface area contributed by atoms with Gasteiger partial charge in [0, 0.05) is 5.39 Å². The van der Waals surface area contributed by atoms with Crippen molar-refractivity contribution in [2.75, 3.05) is 7.11 Å². The van der Waals surface area contributed by atoms with Crippen molar-refractivity contribution in [3.05, 3.63) is 54.2 Å². The first-order chi connectivity index (χ1) is 11.7. The number of carboxylic acids is 1. The van der Waals surface area contributed by atoms with Crippen molar-refractivity contribution in [1.29, 1.82) is 0 Å². The second-order valence-corrected chi connectivity index (χ2v) is 5.23. The minimum absolute atomic E-state index is 0.139. The number of carbonyl (C=O) groups is 1. The molecule has 2 aromatic heterocycles. The first kappa shape index (κ1) is 14.2. The van der Waals surface area contributed by atoms with Gasteiger partial charge in [0.1, 0.15) is 17.0 Å². The monoisotopic (exact) mass is 320 g/mol. The molecule has 118 valence electrons. The fraction of sp³-hybridized carbons (Fsp3) is 0.0556. The Morgan fingerprint density at radius 3 is 2.54 bits per heavy atom. The van der Waals surface area contributed by atoms with E-state index in [0.717, 1.165) is 5.39 Å². The van der Waals surface area contributed by atoms with Gasteiger partial charge in [-0.05, 0) is 36.4 Å². The molecule has 0 atom stereocenters. The summed E-state index contributed by atoms with van der Waals surface area (Å²) in [5, 5.41) is 10.3. The molecule has 2 heterocycles. The maximum atomic E-state index is 11.6. The lowest BCUT2D eigenvalue weighted by Gasteiger charge is -2.04. The highest BCUT2D eigenvalue weighted by molar-refractivity contribution is 5.96. The number of methoxy groups -OCH3 is 1. The fourth-order valence-electron chi connectivity index (χ4n) is 2.59. The molecule has 0 saturated heterocycles. The van der Waals surface area contributed by atoms with Crippen LogP contribution in [-0.4, -0.2) is 28.2 Å². The van der Waals surface area contributed by atoms with Gasteiger partial charge in [0.15, 0.2) is 11.5 Å². The number of aromatic nitrogens is 2. The number of carboxylic acid groups (broad SMARTS) is 1. The standard InChI is InChI=1S/C18H12N2O4/c1-23-11-6-7-14-10(8-11)9-15(24-14)16-17(18(21)22)20-13-5-3-2-4-12(13)19-16/h2-9H,1H3,(H,21,22). The third kappa shape index (κ3) is 2.25. The minimum Gasteiger partial charge on any atom is -0.497 e. The number of para-hydroxylation sites is 2. The molecule has 0 bridgehead atoms. The summed E-state index contributed by atoms with van der Waals surface area (Å²) >= 11 is 0. The van der Waals surface area contributed by atoms with E-state index in [-0.39, 0.29) is 11.4 Å². The summed E-state index contributed by atoms with van der Waals surface area (Å²) in [5.41, 5.74) is 1.82. The molecule has 0 aliphatic heterocycles. The molecule has 0 saturated carbocycles. The van der Waals surface area contributed by atoms with Crippen molar-refractivity contribution in [3.63, 3.8) is 0 Å². The predicted molar refractivity (Wildman–Crippen MR) is 88.3 cm³/mol. The number of fused-ring (bicyclic) bond motifs is 2. The van der Waals surface area contributed by atoms with E-state index in [0.29, 0.717) is 28.1 Å². The third-order valence-corrected chi connectivity index (χ3v) is 3.73. The second-order valence-electron chi connectivity index (χ2n) is 5.23. The maximum absolute atomic E-state index is 11.6. The zero-order chi connectivity index (χ0) is 16.7. The summed E-state index contributed by atoms with van der Waals surface area (Å²) in [4.78, 5) is 20.2. The van der Waals surface area contributed by atoms with Crippen LogP contribution in [0.4, 0.5) is 0 Å². The van der Waals surface area contributed by atoms with Gasteiger partial charge in [-0.25, -0.2) is 14.8 Å². The van der Waals surface area contributed by atoms with Crippen LogP contribution in [0.1, 0.15) is 10.5 Å². The van der Waals surface area contributed by atoms with Gasteiger partial charge < -0.3 is 14.3 Å². The van der Waals surface area contributed by atoms with Crippen molar-refractivity contribution in [2.45, 2.75) is 0 Å². The lowest BCUT2D eigenvalue weighted by molar-refractivity contribution is 0.0691. The molecule has 4 aromatic rings. The van der Waals surface area contributed by atoms with Crippen LogP contribution in [0.2, 0.25) is 0 Å². The fourth-order valence-corrected chi connectivity index (χ4v) is 2.59. The maximum Gasteiger partial charge on any atom is 0.356 e. The molecule has 6 heteroatoms. The Balaban J connectivity index is 1.97. The van der Waals surface area contributed by atoms with Crippen molar-refractivity contribution >= 4 is 28.0 Å². The van der Waals surface area contributed by atoms with E-state index < -0.39 is 5.97 Å². The quantitative estimate of drug-likeness (QED) is 0.619. The number of hydrogen-bond acceptors (Lipinski definition) is 5. The van der Waals surface area contributed by atoms with E-state index in [1.54, 1.807) is 43.5 Å². The van der Waals surface area contributed by atoms with E-state index >= 15 is 0 Å². The molecule has 0 radical (unpaired) electrons. The summed E-state index contributed by atoms with van der Waals surface area (Å²) in [5.74, 6) is -0.104. The first-order valence-electron chi connectivity index (χ1n) is 7.24. The van der Waals surface area contributed by atoms with Gasteiger partial charge in [-0.3, -0.25) is 0 Å². The Morgan fingerprint density at radius 2 is 1.83 bits per heavy atom. The number of hydrogen-bond donors (Lipinski definition) is 1. The van der Waals surface area contributed by atoms with Gasteiger partial charge in [0.2, 0.25) is 0 Å². The number of ether oxygens (including phenoxy) is 1. The SMILES string of the molecule is COc1ccc2oc(-c3nc4ccccc4nc3C(=O)O)cc2c1. The molecule has 0 fully saturated rings. The van der Waals surface area contributed by atoms with Gasteiger partial charge in [0.05, 0.1) is 18.1 Å². The number of aromatic carboxylic acids is 1. The predicted octanol–water partition coefficient (Wildman–Crippen LogP) is 3.75. The Bertz CT molecular complexity index is 1080. The highest BCUT2D eigenvalue weighted by Gasteiger charge is 2.20. The van der Waals surface area contributed by atoms with Gasteiger partial charge in [-0.2, -0.15) is 0 Å². The molecule has 6 nitrogen and oxygen atoms in total. The van der Waals surface area contributed by atoms with Crippen LogP contribution in [0.5, 0.6) is 5.75 Å². The largest absolute Gasteiger partial charge is 0.497 e. The van der Waals surface area contributed by atoms with Crippen molar-refractivity contribution in [3.8, 4) is 17.2 Å².